The fraction of sp³-hybridized carbons (Fsp3) is 0.727. The van der Waals surface area contributed by atoms with E-state index in [-0.39, 0.29) is 0 Å². The summed E-state index contributed by atoms with van der Waals surface area (Å²) in [5.41, 5.74) is 1.28. The van der Waals surface area contributed by atoms with Crippen molar-refractivity contribution in [2.45, 2.75) is 85.2 Å². The van der Waals surface area contributed by atoms with Crippen molar-refractivity contribution in [3.63, 3.8) is 0 Å². The van der Waals surface area contributed by atoms with Gasteiger partial charge in [0.05, 0.1) is 19.8 Å². The van der Waals surface area contributed by atoms with Gasteiger partial charge in [-0.2, -0.15) is 0 Å². The van der Waals surface area contributed by atoms with Gasteiger partial charge in [-0.3, -0.25) is 4.57 Å². The molecule has 0 aromatic heterocycles. The van der Waals surface area contributed by atoms with E-state index < -0.39 is 8.25 Å². The van der Waals surface area contributed by atoms with Crippen LogP contribution in [0, 0.1) is 0 Å². The summed E-state index contributed by atoms with van der Waals surface area (Å²) in [5, 5.41) is 0. The molecule has 0 heterocycles. The lowest BCUT2D eigenvalue weighted by Gasteiger charge is -2.04. The molecule has 0 spiro atoms. The summed E-state index contributed by atoms with van der Waals surface area (Å²) in [5.74, 6) is 0. The zero-order valence-electron chi connectivity index (χ0n) is 17.7. The van der Waals surface area contributed by atoms with Crippen molar-refractivity contribution >= 4 is 8.25 Å². The third-order valence-electron chi connectivity index (χ3n) is 4.03. The minimum atomic E-state index is -2.14. The summed E-state index contributed by atoms with van der Waals surface area (Å²) in [6, 6.07) is 10.4. The second kappa shape index (κ2) is 21.6. The average Bonchev–Trinajstić information content (AvgIpc) is 2.68. The number of hydrogen-bond acceptors (Lipinski definition) is 4. The third kappa shape index (κ3) is 19.9. The van der Waals surface area contributed by atoms with E-state index in [4.69, 9.17) is 4.74 Å². The molecule has 0 bridgehead atoms. The second-order valence-electron chi connectivity index (χ2n) is 6.48. The molecule has 0 saturated heterocycles. The lowest BCUT2D eigenvalue weighted by Crippen LogP contribution is -1.95. The Morgan fingerprint density at radius 1 is 0.741 bits per heavy atom. The van der Waals surface area contributed by atoms with E-state index in [9.17, 15) is 4.57 Å². The number of rotatable bonds is 16. The van der Waals surface area contributed by atoms with Crippen LogP contribution in [0.15, 0.2) is 30.3 Å². The number of hydrogen-bond donors (Lipinski definition) is 0. The van der Waals surface area contributed by atoms with Crippen LogP contribution in [-0.2, 0) is 25.0 Å². The quantitative estimate of drug-likeness (QED) is 0.218. The minimum absolute atomic E-state index is 0.456. The van der Waals surface area contributed by atoms with Crippen molar-refractivity contribution in [1.82, 2.24) is 0 Å². The molecule has 4 nitrogen and oxygen atoms in total. The molecule has 1 aromatic carbocycles. The van der Waals surface area contributed by atoms with Crippen molar-refractivity contribution in [3.8, 4) is 0 Å². The van der Waals surface area contributed by atoms with Crippen LogP contribution in [-0.4, -0.2) is 19.8 Å². The predicted octanol–water partition coefficient (Wildman–Crippen LogP) is 7.18. The van der Waals surface area contributed by atoms with Crippen LogP contribution >= 0.6 is 8.25 Å². The maximum absolute atomic E-state index is 10.4. The highest BCUT2D eigenvalue weighted by Gasteiger charge is 1.94. The van der Waals surface area contributed by atoms with Crippen LogP contribution in [0.1, 0.15) is 84.1 Å². The molecule has 0 saturated carbocycles. The van der Waals surface area contributed by atoms with Gasteiger partial charge in [0.25, 0.3) is 0 Å². The second-order valence-corrected chi connectivity index (χ2v) is 7.56. The van der Waals surface area contributed by atoms with Gasteiger partial charge in [-0.05, 0) is 25.8 Å². The molecule has 0 N–H and O–H groups in total. The van der Waals surface area contributed by atoms with Gasteiger partial charge in [0, 0.05) is 6.61 Å². The molecule has 5 heteroatoms. The van der Waals surface area contributed by atoms with Crippen LogP contribution in [0.25, 0.3) is 0 Å². The Balaban J connectivity index is 0.000000713. The van der Waals surface area contributed by atoms with Gasteiger partial charge in [-0.15, -0.1) is 0 Å². The van der Waals surface area contributed by atoms with E-state index in [0.717, 1.165) is 13.2 Å². The van der Waals surface area contributed by atoms with Crippen molar-refractivity contribution in [2.24, 2.45) is 0 Å². The van der Waals surface area contributed by atoms with Crippen molar-refractivity contribution in [3.05, 3.63) is 35.9 Å². The first-order valence-corrected chi connectivity index (χ1v) is 11.9. The lowest BCUT2D eigenvalue weighted by atomic mass is 10.1. The summed E-state index contributed by atoms with van der Waals surface area (Å²) < 4.78 is 25.3. The van der Waals surface area contributed by atoms with Gasteiger partial charge in [0.1, 0.15) is 0 Å². The van der Waals surface area contributed by atoms with Crippen LogP contribution in [0.5, 0.6) is 0 Å². The van der Waals surface area contributed by atoms with Gasteiger partial charge >= 0.3 is 8.25 Å². The maximum Gasteiger partial charge on any atom is 0.319 e. The van der Waals surface area contributed by atoms with E-state index in [1.54, 1.807) is 13.8 Å². The van der Waals surface area contributed by atoms with Gasteiger partial charge in [0.2, 0.25) is 0 Å². The fourth-order valence-corrected chi connectivity index (χ4v) is 3.11. The van der Waals surface area contributed by atoms with Gasteiger partial charge in [-0.25, -0.2) is 0 Å². The molecule has 1 aromatic rings. The predicted molar refractivity (Wildman–Crippen MR) is 116 cm³/mol. The van der Waals surface area contributed by atoms with Gasteiger partial charge in [-0.1, -0.05) is 88.6 Å². The molecule has 0 atom stereocenters. The largest absolute Gasteiger partial charge is 0.377 e. The highest BCUT2D eigenvalue weighted by Crippen LogP contribution is 2.21. The Labute approximate surface area is 167 Å². The van der Waals surface area contributed by atoms with Crippen LogP contribution in [0.3, 0.4) is 0 Å². The van der Waals surface area contributed by atoms with E-state index in [2.05, 4.69) is 40.2 Å². The summed E-state index contributed by atoms with van der Waals surface area (Å²) in [7, 11) is -2.14. The number of unbranched alkanes of at least 4 members (excludes halogenated alkanes) is 8. The Kier molecular flexibility index (Phi) is 21.1. The number of ether oxygens (including phenoxy) is 1. The molecule has 0 unspecified atom stereocenters. The third-order valence-corrected chi connectivity index (χ3v) is 5.08. The topological polar surface area (TPSA) is 44.8 Å². The molecular formula is C22H41O4P. The maximum atomic E-state index is 10.4. The Bertz CT molecular complexity index is 418. The first kappa shape index (κ1) is 26.3. The zero-order chi connectivity index (χ0) is 20.0. The standard InChI is InChI=1S/C18H30O.C4H11O3P/c1-2-3-4-5-6-7-8-9-13-16-19-17-18-14-11-10-12-15-18;1-3-6-8(5)7-4-2/h10-12,14-15H,2-9,13,16-17H2,1H3;8H,3-4H2,1-2H3. The molecule has 0 fully saturated rings. The first-order valence-electron chi connectivity index (χ1n) is 10.7. The summed E-state index contributed by atoms with van der Waals surface area (Å²) >= 11 is 0. The first-order chi connectivity index (χ1) is 13.2. The highest BCUT2D eigenvalue weighted by atomic mass is 31.1. The molecule has 1 rings (SSSR count). The Hall–Kier alpha value is -0.670. The van der Waals surface area contributed by atoms with E-state index in [1.807, 2.05) is 6.07 Å². The van der Waals surface area contributed by atoms with Crippen molar-refractivity contribution in [2.75, 3.05) is 19.8 Å². The SMILES string of the molecule is CCCCCCCCCCCOCc1ccccc1.CCO[PH](=O)OCC. The summed E-state index contributed by atoms with van der Waals surface area (Å²) in [6.45, 7) is 8.41. The van der Waals surface area contributed by atoms with Crippen LogP contribution < -0.4 is 0 Å². The average molecular weight is 401 g/mol. The normalized spacial score (nSPS) is 10.7. The Morgan fingerprint density at radius 3 is 1.78 bits per heavy atom. The Morgan fingerprint density at radius 2 is 1.26 bits per heavy atom. The molecule has 0 radical (unpaired) electrons. The molecule has 0 aliphatic rings. The van der Waals surface area contributed by atoms with Gasteiger partial charge < -0.3 is 13.8 Å². The molecule has 27 heavy (non-hydrogen) atoms. The molecular weight excluding hydrogens is 359 g/mol. The molecule has 158 valence electrons. The van der Waals surface area contributed by atoms with Crippen molar-refractivity contribution < 1.29 is 18.3 Å². The van der Waals surface area contributed by atoms with E-state index in [1.165, 1.54) is 63.4 Å². The van der Waals surface area contributed by atoms with Crippen LogP contribution in [0.4, 0.5) is 0 Å². The molecule has 0 aliphatic carbocycles. The van der Waals surface area contributed by atoms with Gasteiger partial charge in [0.15, 0.2) is 0 Å². The monoisotopic (exact) mass is 400 g/mol. The molecule has 0 amide bonds. The van der Waals surface area contributed by atoms with E-state index >= 15 is 0 Å². The lowest BCUT2D eigenvalue weighted by molar-refractivity contribution is 0.116. The minimum Gasteiger partial charge on any atom is -0.377 e. The summed E-state index contributed by atoms with van der Waals surface area (Å²) in [4.78, 5) is 0. The number of benzene rings is 1. The van der Waals surface area contributed by atoms with E-state index in [0.29, 0.717) is 13.2 Å². The van der Waals surface area contributed by atoms with Crippen LogP contribution in [0.2, 0.25) is 0 Å². The zero-order valence-corrected chi connectivity index (χ0v) is 18.7. The summed E-state index contributed by atoms with van der Waals surface area (Å²) in [6.07, 6.45) is 12.3. The fourth-order valence-electron chi connectivity index (χ4n) is 2.56. The smallest absolute Gasteiger partial charge is 0.319 e. The highest BCUT2D eigenvalue weighted by molar-refractivity contribution is 7.33. The van der Waals surface area contributed by atoms with Crippen molar-refractivity contribution in [1.29, 1.82) is 0 Å². The molecule has 0 aliphatic heterocycles.